The Labute approximate surface area is 152 Å². The molecule has 1 atom stereocenters. The van der Waals surface area contributed by atoms with Crippen LogP contribution < -0.4 is 9.64 Å². The quantitative estimate of drug-likeness (QED) is 0.746. The predicted octanol–water partition coefficient (Wildman–Crippen LogP) is 1.60. The number of likely N-dealkylation sites (tertiary alicyclic amines) is 1. The van der Waals surface area contributed by atoms with Crippen LogP contribution >= 0.6 is 0 Å². The van der Waals surface area contributed by atoms with Gasteiger partial charge >= 0.3 is 5.97 Å². The van der Waals surface area contributed by atoms with Crippen LogP contribution in [0.4, 0.5) is 5.69 Å². The van der Waals surface area contributed by atoms with Crippen LogP contribution in [0.3, 0.4) is 0 Å². The topological polar surface area (TPSA) is 76.2 Å². The summed E-state index contributed by atoms with van der Waals surface area (Å²) in [6.45, 7) is 3.45. The zero-order chi connectivity index (χ0) is 18.5. The number of anilines is 1. The molecule has 0 radical (unpaired) electrons. The van der Waals surface area contributed by atoms with Gasteiger partial charge in [-0.2, -0.15) is 0 Å². The highest BCUT2D eigenvalue weighted by Gasteiger charge is 2.30. The van der Waals surface area contributed by atoms with Crippen molar-refractivity contribution in [1.82, 2.24) is 4.90 Å². The lowest BCUT2D eigenvalue weighted by molar-refractivity contribution is -0.151. The predicted molar refractivity (Wildman–Crippen MR) is 94.8 cm³/mol. The summed E-state index contributed by atoms with van der Waals surface area (Å²) in [5, 5.41) is 0. The summed E-state index contributed by atoms with van der Waals surface area (Å²) in [6.07, 6.45) is 1.75. The first-order valence-electron chi connectivity index (χ1n) is 9.06. The average molecular weight is 360 g/mol. The molecule has 0 aliphatic carbocycles. The molecule has 1 saturated heterocycles. The van der Waals surface area contributed by atoms with Crippen molar-refractivity contribution in [2.45, 2.75) is 26.2 Å². The Morgan fingerprint density at radius 3 is 2.92 bits per heavy atom. The van der Waals surface area contributed by atoms with Crippen molar-refractivity contribution in [2.75, 3.05) is 37.7 Å². The Kier molecular flexibility index (Phi) is 5.75. The monoisotopic (exact) mass is 360 g/mol. The number of ether oxygens (including phenoxy) is 2. The van der Waals surface area contributed by atoms with Gasteiger partial charge in [-0.3, -0.25) is 14.4 Å². The number of nitrogens with zero attached hydrogens (tertiary/aromatic N) is 2. The number of fused-ring (bicyclic) bond motifs is 1. The molecule has 1 fully saturated rings. The van der Waals surface area contributed by atoms with Gasteiger partial charge in [-0.25, -0.2) is 0 Å². The standard InChI is InChI=1S/C19H24N2O5/c1-2-25-19(24)14-6-5-10-20(12-14)17(22)9-11-21-15-7-3-4-8-16(15)26-13-18(21)23/h3-4,7-8,14H,2,5-6,9-13H2,1H3. The molecule has 0 aromatic heterocycles. The SMILES string of the molecule is CCOC(=O)C1CCCN(C(=O)CCN2C(=O)COc3ccccc32)C1. The van der Waals surface area contributed by atoms with Crippen molar-refractivity contribution in [3.05, 3.63) is 24.3 Å². The third kappa shape index (κ3) is 3.98. The van der Waals surface area contributed by atoms with Crippen LogP contribution in [0.15, 0.2) is 24.3 Å². The molecule has 0 saturated carbocycles. The maximum atomic E-state index is 12.6. The first kappa shape index (κ1) is 18.2. The molecule has 0 spiro atoms. The minimum Gasteiger partial charge on any atom is -0.482 e. The first-order chi connectivity index (χ1) is 12.6. The molecule has 1 unspecified atom stereocenters. The van der Waals surface area contributed by atoms with E-state index in [0.29, 0.717) is 37.7 Å². The molecule has 3 rings (SSSR count). The van der Waals surface area contributed by atoms with E-state index in [1.165, 1.54) is 0 Å². The van der Waals surface area contributed by atoms with Crippen LogP contribution in [0.5, 0.6) is 5.75 Å². The van der Waals surface area contributed by atoms with E-state index in [1.807, 2.05) is 24.3 Å². The second-order valence-corrected chi connectivity index (χ2v) is 6.48. The molecular weight excluding hydrogens is 336 g/mol. The van der Waals surface area contributed by atoms with Crippen molar-refractivity contribution in [1.29, 1.82) is 0 Å². The Morgan fingerprint density at radius 2 is 2.12 bits per heavy atom. The summed E-state index contributed by atoms with van der Waals surface area (Å²) >= 11 is 0. The fourth-order valence-corrected chi connectivity index (χ4v) is 3.42. The molecule has 1 aromatic rings. The van der Waals surface area contributed by atoms with Crippen molar-refractivity contribution < 1.29 is 23.9 Å². The number of benzene rings is 1. The minimum absolute atomic E-state index is 0.0140. The van der Waals surface area contributed by atoms with Gasteiger partial charge in [0.15, 0.2) is 6.61 Å². The van der Waals surface area contributed by atoms with Gasteiger partial charge < -0.3 is 19.3 Å². The van der Waals surface area contributed by atoms with Gasteiger partial charge in [-0.05, 0) is 31.9 Å². The Morgan fingerprint density at radius 1 is 1.31 bits per heavy atom. The number of esters is 1. The first-order valence-corrected chi connectivity index (χ1v) is 9.06. The van der Waals surface area contributed by atoms with Gasteiger partial charge in [0.1, 0.15) is 5.75 Å². The van der Waals surface area contributed by atoms with Crippen LogP contribution in [0.25, 0.3) is 0 Å². The number of amides is 2. The fraction of sp³-hybridized carbons (Fsp3) is 0.526. The maximum Gasteiger partial charge on any atom is 0.310 e. The number of hydrogen-bond donors (Lipinski definition) is 0. The summed E-state index contributed by atoms with van der Waals surface area (Å²) in [5.74, 6) is -0.0316. The van der Waals surface area contributed by atoms with Crippen LogP contribution in [-0.2, 0) is 19.1 Å². The van der Waals surface area contributed by atoms with Crippen LogP contribution in [-0.4, -0.2) is 55.5 Å². The lowest BCUT2D eigenvalue weighted by Gasteiger charge is -2.33. The van der Waals surface area contributed by atoms with Crippen molar-refractivity contribution in [3.63, 3.8) is 0 Å². The highest BCUT2D eigenvalue weighted by Crippen LogP contribution is 2.31. The number of hydrogen-bond acceptors (Lipinski definition) is 5. The van der Waals surface area contributed by atoms with Gasteiger partial charge in [0.2, 0.25) is 5.91 Å². The van der Waals surface area contributed by atoms with E-state index in [9.17, 15) is 14.4 Å². The molecule has 0 N–H and O–H groups in total. The second-order valence-electron chi connectivity index (χ2n) is 6.48. The number of piperidine rings is 1. The van der Waals surface area contributed by atoms with Crippen molar-refractivity contribution in [3.8, 4) is 5.75 Å². The summed E-state index contributed by atoms with van der Waals surface area (Å²) < 4.78 is 10.5. The zero-order valence-corrected chi connectivity index (χ0v) is 15.0. The minimum atomic E-state index is -0.251. The van der Waals surface area contributed by atoms with Gasteiger partial charge in [0, 0.05) is 26.1 Å². The van der Waals surface area contributed by atoms with Crippen LogP contribution in [0.2, 0.25) is 0 Å². The second kappa shape index (κ2) is 8.21. The molecule has 0 bridgehead atoms. The Bertz CT molecular complexity index is 690. The Balaban J connectivity index is 1.59. The smallest absolute Gasteiger partial charge is 0.310 e. The molecule has 26 heavy (non-hydrogen) atoms. The summed E-state index contributed by atoms with van der Waals surface area (Å²) in [7, 11) is 0. The molecular formula is C19H24N2O5. The summed E-state index contributed by atoms with van der Waals surface area (Å²) in [5.41, 5.74) is 0.694. The van der Waals surface area contributed by atoms with Crippen LogP contribution in [0.1, 0.15) is 26.2 Å². The maximum absolute atomic E-state index is 12.6. The van der Waals surface area contributed by atoms with Crippen molar-refractivity contribution in [2.24, 2.45) is 5.92 Å². The Hall–Kier alpha value is -2.57. The summed E-state index contributed by atoms with van der Waals surface area (Å²) in [6, 6.07) is 7.31. The fourth-order valence-electron chi connectivity index (χ4n) is 3.42. The molecule has 2 aliphatic heterocycles. The van der Waals surface area contributed by atoms with Gasteiger partial charge in [0.05, 0.1) is 18.2 Å². The van der Waals surface area contributed by atoms with Gasteiger partial charge in [0.25, 0.3) is 5.91 Å². The van der Waals surface area contributed by atoms with Gasteiger partial charge in [-0.15, -0.1) is 0 Å². The number of rotatable bonds is 5. The highest BCUT2D eigenvalue weighted by atomic mass is 16.5. The van der Waals surface area contributed by atoms with E-state index in [1.54, 1.807) is 16.7 Å². The molecule has 7 heteroatoms. The lowest BCUT2D eigenvalue weighted by atomic mass is 9.98. The van der Waals surface area contributed by atoms with Crippen molar-refractivity contribution >= 4 is 23.5 Å². The zero-order valence-electron chi connectivity index (χ0n) is 15.0. The van der Waals surface area contributed by atoms with Crippen LogP contribution in [0, 0.1) is 5.92 Å². The van der Waals surface area contributed by atoms with E-state index in [2.05, 4.69) is 0 Å². The normalized spacial score (nSPS) is 19.6. The van der Waals surface area contributed by atoms with E-state index in [0.717, 1.165) is 12.8 Å². The molecule has 2 aliphatic rings. The lowest BCUT2D eigenvalue weighted by Crippen LogP contribution is -2.45. The molecule has 2 amide bonds. The van der Waals surface area contributed by atoms with E-state index >= 15 is 0 Å². The van der Waals surface area contributed by atoms with E-state index in [-0.39, 0.29) is 36.7 Å². The van der Waals surface area contributed by atoms with E-state index in [4.69, 9.17) is 9.47 Å². The molecule has 7 nitrogen and oxygen atoms in total. The highest BCUT2D eigenvalue weighted by molar-refractivity contribution is 5.98. The third-order valence-electron chi connectivity index (χ3n) is 4.75. The molecule has 1 aromatic carbocycles. The third-order valence-corrected chi connectivity index (χ3v) is 4.75. The summed E-state index contributed by atoms with van der Waals surface area (Å²) in [4.78, 5) is 40.0. The van der Waals surface area contributed by atoms with Gasteiger partial charge in [-0.1, -0.05) is 12.1 Å². The molecule has 140 valence electrons. The number of carbonyl (C=O) groups is 3. The van der Waals surface area contributed by atoms with E-state index < -0.39 is 0 Å². The average Bonchev–Trinajstić information content (AvgIpc) is 2.67. The largest absolute Gasteiger partial charge is 0.482 e. The molecule has 2 heterocycles. The number of para-hydroxylation sites is 2. The number of carbonyl (C=O) groups excluding carboxylic acids is 3.